The van der Waals surface area contributed by atoms with Crippen molar-refractivity contribution in [2.45, 2.75) is 45.7 Å². The highest BCUT2D eigenvalue weighted by Gasteiger charge is 2.13. The summed E-state index contributed by atoms with van der Waals surface area (Å²) in [6.07, 6.45) is 7.64. The molecule has 0 spiro atoms. The number of para-hydroxylation sites is 1. The normalized spacial score (nSPS) is 11.8. The predicted molar refractivity (Wildman–Crippen MR) is 110 cm³/mol. The molecule has 2 aromatic heterocycles. The van der Waals surface area contributed by atoms with E-state index in [0.29, 0.717) is 25.0 Å². The topological polar surface area (TPSA) is 80.3 Å². The SMILES string of the molecule is CCC(CC)c1cc(CNC(=NC)NCc2ccccc2-n2ccnc2)on1. The van der Waals surface area contributed by atoms with E-state index < -0.39 is 0 Å². The number of imidazole rings is 1. The van der Waals surface area contributed by atoms with Gasteiger partial charge in [0.2, 0.25) is 0 Å². The molecule has 7 heteroatoms. The van der Waals surface area contributed by atoms with Crippen LogP contribution in [0.3, 0.4) is 0 Å². The lowest BCUT2D eigenvalue weighted by Crippen LogP contribution is -2.36. The molecule has 0 aliphatic rings. The zero-order chi connectivity index (χ0) is 19.8. The Labute approximate surface area is 165 Å². The van der Waals surface area contributed by atoms with Gasteiger partial charge in [0, 0.05) is 38.0 Å². The Kier molecular flexibility index (Phi) is 6.84. The third-order valence-electron chi connectivity index (χ3n) is 4.86. The van der Waals surface area contributed by atoms with Gasteiger partial charge in [0.15, 0.2) is 11.7 Å². The third kappa shape index (κ3) is 4.79. The van der Waals surface area contributed by atoms with Crippen molar-refractivity contribution in [3.8, 4) is 5.69 Å². The number of hydrogen-bond donors (Lipinski definition) is 2. The van der Waals surface area contributed by atoms with Crippen molar-refractivity contribution in [3.63, 3.8) is 0 Å². The van der Waals surface area contributed by atoms with Crippen molar-refractivity contribution in [3.05, 3.63) is 66.1 Å². The van der Waals surface area contributed by atoms with Crippen LogP contribution in [0.1, 0.15) is 49.6 Å². The minimum Gasteiger partial charge on any atom is -0.359 e. The molecule has 148 valence electrons. The van der Waals surface area contributed by atoms with Gasteiger partial charge in [-0.3, -0.25) is 4.99 Å². The molecular weight excluding hydrogens is 352 g/mol. The molecule has 0 saturated heterocycles. The Balaban J connectivity index is 1.58. The number of nitrogens with one attached hydrogen (secondary N) is 2. The summed E-state index contributed by atoms with van der Waals surface area (Å²) in [5.74, 6) is 1.97. The van der Waals surface area contributed by atoms with E-state index in [1.807, 2.05) is 29.0 Å². The molecule has 0 radical (unpaired) electrons. The Morgan fingerprint density at radius 3 is 2.68 bits per heavy atom. The maximum absolute atomic E-state index is 5.47. The minimum absolute atomic E-state index is 0.453. The lowest BCUT2D eigenvalue weighted by Gasteiger charge is -2.14. The molecule has 1 aromatic carbocycles. The Morgan fingerprint density at radius 1 is 1.18 bits per heavy atom. The average Bonchev–Trinajstić information content (AvgIpc) is 3.42. The van der Waals surface area contributed by atoms with Crippen molar-refractivity contribution < 1.29 is 4.52 Å². The van der Waals surface area contributed by atoms with Crippen molar-refractivity contribution >= 4 is 5.96 Å². The van der Waals surface area contributed by atoms with Crippen LogP contribution in [0.15, 0.2) is 58.6 Å². The highest BCUT2D eigenvalue weighted by molar-refractivity contribution is 5.79. The molecule has 0 saturated carbocycles. The van der Waals surface area contributed by atoms with E-state index in [1.54, 1.807) is 19.6 Å². The standard InChI is InChI=1S/C21H28N6O/c1-4-16(5-2)19-12-18(28-26-19)14-25-21(22-3)24-13-17-8-6-7-9-20(17)27-11-10-23-15-27/h6-12,15-16H,4-5,13-14H2,1-3H3,(H2,22,24,25). The average molecular weight is 380 g/mol. The van der Waals surface area contributed by atoms with Crippen LogP contribution in [0, 0.1) is 0 Å². The van der Waals surface area contributed by atoms with Crippen molar-refractivity contribution in [1.29, 1.82) is 0 Å². The second kappa shape index (κ2) is 9.73. The summed E-state index contributed by atoms with van der Waals surface area (Å²) in [4.78, 5) is 8.43. The fraction of sp³-hybridized carbons (Fsp3) is 0.381. The molecule has 0 atom stereocenters. The summed E-state index contributed by atoms with van der Waals surface area (Å²) in [7, 11) is 1.76. The minimum atomic E-state index is 0.453. The zero-order valence-corrected chi connectivity index (χ0v) is 16.7. The van der Waals surface area contributed by atoms with Crippen LogP contribution >= 0.6 is 0 Å². The molecule has 0 bridgehead atoms. The maximum Gasteiger partial charge on any atom is 0.191 e. The third-order valence-corrected chi connectivity index (χ3v) is 4.86. The predicted octanol–water partition coefficient (Wildman–Crippen LogP) is 3.63. The molecule has 0 aliphatic heterocycles. The molecule has 0 fully saturated rings. The fourth-order valence-corrected chi connectivity index (χ4v) is 3.20. The van der Waals surface area contributed by atoms with Crippen LogP contribution < -0.4 is 10.6 Å². The number of aliphatic imine (C=N–C) groups is 1. The van der Waals surface area contributed by atoms with Gasteiger partial charge in [-0.15, -0.1) is 0 Å². The number of hydrogen-bond acceptors (Lipinski definition) is 4. The summed E-state index contributed by atoms with van der Waals surface area (Å²) < 4.78 is 7.47. The molecule has 0 unspecified atom stereocenters. The van der Waals surface area contributed by atoms with Gasteiger partial charge in [-0.05, 0) is 24.5 Å². The Hall–Kier alpha value is -3.09. The quantitative estimate of drug-likeness (QED) is 0.461. The molecule has 2 N–H and O–H groups in total. The van der Waals surface area contributed by atoms with Crippen LogP contribution in [0.2, 0.25) is 0 Å². The smallest absolute Gasteiger partial charge is 0.191 e. The summed E-state index contributed by atoms with van der Waals surface area (Å²) in [5.41, 5.74) is 3.27. The number of guanidine groups is 1. The van der Waals surface area contributed by atoms with E-state index in [1.165, 1.54) is 0 Å². The molecule has 7 nitrogen and oxygen atoms in total. The lowest BCUT2D eigenvalue weighted by molar-refractivity contribution is 0.368. The summed E-state index contributed by atoms with van der Waals surface area (Å²) in [6, 6.07) is 10.2. The lowest BCUT2D eigenvalue weighted by atomic mass is 9.99. The fourth-order valence-electron chi connectivity index (χ4n) is 3.20. The van der Waals surface area contributed by atoms with E-state index >= 15 is 0 Å². The van der Waals surface area contributed by atoms with Crippen LogP contribution in [0.5, 0.6) is 0 Å². The zero-order valence-electron chi connectivity index (χ0n) is 16.7. The summed E-state index contributed by atoms with van der Waals surface area (Å²) in [5, 5.41) is 10.8. The number of rotatable bonds is 8. The summed E-state index contributed by atoms with van der Waals surface area (Å²) >= 11 is 0. The molecule has 0 amide bonds. The van der Waals surface area contributed by atoms with Crippen molar-refractivity contribution in [1.82, 2.24) is 25.3 Å². The molecule has 3 rings (SSSR count). The molecule has 2 heterocycles. The van der Waals surface area contributed by atoms with Gasteiger partial charge in [-0.25, -0.2) is 4.98 Å². The van der Waals surface area contributed by atoms with Gasteiger partial charge in [-0.2, -0.15) is 0 Å². The molecular formula is C21H28N6O. The maximum atomic E-state index is 5.47. The largest absolute Gasteiger partial charge is 0.359 e. The first-order valence-electron chi connectivity index (χ1n) is 9.71. The number of aromatic nitrogens is 3. The van der Waals surface area contributed by atoms with E-state index in [0.717, 1.165) is 35.5 Å². The van der Waals surface area contributed by atoms with Crippen molar-refractivity contribution in [2.75, 3.05) is 7.05 Å². The van der Waals surface area contributed by atoms with Crippen LogP contribution in [-0.2, 0) is 13.1 Å². The van der Waals surface area contributed by atoms with Gasteiger partial charge >= 0.3 is 0 Å². The van der Waals surface area contributed by atoms with Gasteiger partial charge in [0.1, 0.15) is 0 Å². The van der Waals surface area contributed by atoms with Crippen LogP contribution in [0.4, 0.5) is 0 Å². The van der Waals surface area contributed by atoms with Crippen molar-refractivity contribution in [2.24, 2.45) is 4.99 Å². The van der Waals surface area contributed by atoms with Gasteiger partial charge < -0.3 is 19.7 Å². The van der Waals surface area contributed by atoms with Crippen LogP contribution in [0.25, 0.3) is 5.69 Å². The first-order valence-corrected chi connectivity index (χ1v) is 9.71. The van der Waals surface area contributed by atoms with E-state index in [9.17, 15) is 0 Å². The molecule has 3 aromatic rings. The first-order chi connectivity index (χ1) is 13.7. The van der Waals surface area contributed by atoms with Crippen LogP contribution in [-0.4, -0.2) is 27.7 Å². The van der Waals surface area contributed by atoms with E-state index in [2.05, 4.69) is 51.7 Å². The second-order valence-corrected chi connectivity index (χ2v) is 6.61. The second-order valence-electron chi connectivity index (χ2n) is 6.61. The highest BCUT2D eigenvalue weighted by atomic mass is 16.5. The number of benzene rings is 1. The Bertz CT molecular complexity index is 880. The van der Waals surface area contributed by atoms with Gasteiger partial charge in [0.25, 0.3) is 0 Å². The number of nitrogens with zero attached hydrogens (tertiary/aromatic N) is 4. The molecule has 28 heavy (non-hydrogen) atoms. The molecule has 0 aliphatic carbocycles. The van der Waals surface area contributed by atoms with Gasteiger partial charge in [0.05, 0.1) is 24.3 Å². The van der Waals surface area contributed by atoms with Gasteiger partial charge in [-0.1, -0.05) is 37.2 Å². The monoisotopic (exact) mass is 380 g/mol. The van der Waals surface area contributed by atoms with E-state index in [-0.39, 0.29) is 0 Å². The summed E-state index contributed by atoms with van der Waals surface area (Å²) in [6.45, 7) is 5.53. The Morgan fingerprint density at radius 2 is 1.96 bits per heavy atom. The highest BCUT2D eigenvalue weighted by Crippen LogP contribution is 2.22. The first kappa shape index (κ1) is 19.7. The van der Waals surface area contributed by atoms with E-state index in [4.69, 9.17) is 4.52 Å².